The Balaban J connectivity index is 1.91. The monoisotopic (exact) mass is 359 g/mol. The average molecular weight is 360 g/mol. The zero-order valence-electron chi connectivity index (χ0n) is 12.1. The summed E-state index contributed by atoms with van der Waals surface area (Å²) in [4.78, 5) is 2.14. The second-order valence-electron chi connectivity index (χ2n) is 5.58. The van der Waals surface area contributed by atoms with Crippen LogP contribution in [-0.4, -0.2) is 36.9 Å². The van der Waals surface area contributed by atoms with Crippen LogP contribution in [0.5, 0.6) is 0 Å². The summed E-state index contributed by atoms with van der Waals surface area (Å²) in [5.74, 6) is -0.256. The molecule has 0 saturated carbocycles. The van der Waals surface area contributed by atoms with Crippen molar-refractivity contribution in [1.29, 1.82) is 0 Å². The van der Waals surface area contributed by atoms with Crippen molar-refractivity contribution < 1.29 is 18.6 Å². The molecule has 2 heterocycles. The summed E-state index contributed by atoms with van der Waals surface area (Å²) in [6.07, 6.45) is -0.239. The molecule has 0 aliphatic carbocycles. The zero-order valence-corrected chi connectivity index (χ0v) is 13.7. The lowest BCUT2D eigenvalue weighted by atomic mass is 10.1. The van der Waals surface area contributed by atoms with E-state index in [0.717, 1.165) is 24.3 Å². The van der Waals surface area contributed by atoms with E-state index < -0.39 is 6.29 Å². The molecule has 21 heavy (non-hydrogen) atoms. The predicted molar refractivity (Wildman–Crippen MR) is 81.1 cm³/mol. The molecule has 1 aromatic rings. The largest absolute Gasteiger partial charge is 0.372 e. The first kappa shape index (κ1) is 15.2. The molecule has 3 rings (SSSR count). The van der Waals surface area contributed by atoms with Gasteiger partial charge in [-0.2, -0.15) is 0 Å². The molecule has 2 fully saturated rings. The highest BCUT2D eigenvalue weighted by Crippen LogP contribution is 2.36. The molecule has 4 atom stereocenters. The molecule has 0 amide bonds. The summed E-state index contributed by atoms with van der Waals surface area (Å²) >= 11 is 3.38. The molecule has 0 aromatic heterocycles. The van der Waals surface area contributed by atoms with Crippen molar-refractivity contribution in [3.63, 3.8) is 0 Å². The average Bonchev–Trinajstić information content (AvgIpc) is 2.84. The third kappa shape index (κ3) is 3.39. The fourth-order valence-electron chi connectivity index (χ4n) is 2.90. The molecule has 2 saturated heterocycles. The van der Waals surface area contributed by atoms with E-state index in [1.165, 1.54) is 6.07 Å². The van der Waals surface area contributed by atoms with Crippen LogP contribution in [-0.2, 0) is 14.2 Å². The van der Waals surface area contributed by atoms with Crippen molar-refractivity contribution in [2.24, 2.45) is 0 Å². The van der Waals surface area contributed by atoms with E-state index in [1.807, 2.05) is 13.8 Å². The van der Waals surface area contributed by atoms with Gasteiger partial charge in [0.05, 0.1) is 18.8 Å². The molecule has 0 N–H and O–H groups in total. The van der Waals surface area contributed by atoms with E-state index in [0.29, 0.717) is 6.61 Å². The number of anilines is 1. The number of hydrogen-bond acceptors (Lipinski definition) is 4. The number of ether oxygens (including phenoxy) is 3. The molecule has 0 spiro atoms. The number of alkyl halides is 1. The number of rotatable bonds is 2. The van der Waals surface area contributed by atoms with Gasteiger partial charge in [-0.25, -0.2) is 4.39 Å². The molecule has 116 valence electrons. The van der Waals surface area contributed by atoms with Crippen molar-refractivity contribution in [2.75, 3.05) is 24.6 Å². The van der Waals surface area contributed by atoms with Gasteiger partial charge >= 0.3 is 0 Å². The molecule has 0 radical (unpaired) electrons. The first-order valence-electron chi connectivity index (χ1n) is 7.14. The molecule has 1 aromatic carbocycles. The Hall–Kier alpha value is -0.690. The number of nitrogens with zero attached hydrogens (tertiary/aromatic N) is 1. The fraction of sp³-hybridized carbons (Fsp3) is 0.600. The normalized spacial score (nSPS) is 33.4. The topological polar surface area (TPSA) is 30.9 Å². The lowest BCUT2D eigenvalue weighted by Gasteiger charge is -2.38. The maximum Gasteiger partial charge on any atom is 0.187 e. The Morgan fingerprint density at radius 1 is 1.19 bits per heavy atom. The molecule has 2 aliphatic heterocycles. The maximum atomic E-state index is 13.7. The summed E-state index contributed by atoms with van der Waals surface area (Å²) in [7, 11) is 0. The van der Waals surface area contributed by atoms with Gasteiger partial charge in [-0.1, -0.05) is 15.9 Å². The molecular weight excluding hydrogens is 341 g/mol. The standard InChI is InChI=1S/C15H19BrFNO3/c1-9-6-18(7-10(2)20-9)13-5-11(17)3-4-12(13)15-19-8-14(16)21-15/h3-5,9-10,14-15H,6-8H2,1-2H3. The van der Waals surface area contributed by atoms with E-state index >= 15 is 0 Å². The van der Waals surface area contributed by atoms with Crippen LogP contribution >= 0.6 is 15.9 Å². The van der Waals surface area contributed by atoms with Gasteiger partial charge in [-0.05, 0) is 32.0 Å². The SMILES string of the molecule is CC1CN(c2cc(F)ccc2C2OCC(Br)O2)CC(C)O1. The maximum absolute atomic E-state index is 13.7. The highest BCUT2D eigenvalue weighted by molar-refractivity contribution is 9.09. The van der Waals surface area contributed by atoms with Crippen LogP contribution < -0.4 is 4.90 Å². The Bertz CT molecular complexity index is 506. The van der Waals surface area contributed by atoms with Gasteiger partial charge in [0, 0.05) is 24.3 Å². The number of hydrogen-bond donors (Lipinski definition) is 0. The van der Waals surface area contributed by atoms with E-state index in [2.05, 4.69) is 20.8 Å². The Morgan fingerprint density at radius 3 is 2.52 bits per heavy atom. The summed E-state index contributed by atoms with van der Waals surface area (Å²) in [6.45, 7) is 5.99. The van der Waals surface area contributed by atoms with Crippen LogP contribution in [0.1, 0.15) is 25.7 Å². The number of halogens is 2. The van der Waals surface area contributed by atoms with Crippen molar-refractivity contribution in [3.05, 3.63) is 29.6 Å². The minimum atomic E-state index is -0.460. The minimum absolute atomic E-state index is 0.110. The summed E-state index contributed by atoms with van der Waals surface area (Å²) in [6, 6.07) is 4.74. The zero-order chi connectivity index (χ0) is 15.0. The molecule has 4 nitrogen and oxygen atoms in total. The summed E-state index contributed by atoms with van der Waals surface area (Å²) in [5.41, 5.74) is 1.68. The van der Waals surface area contributed by atoms with Crippen LogP contribution in [0.3, 0.4) is 0 Å². The lowest BCUT2D eigenvalue weighted by molar-refractivity contribution is -0.0477. The van der Waals surface area contributed by atoms with Crippen molar-refractivity contribution >= 4 is 21.6 Å². The van der Waals surface area contributed by atoms with Crippen LogP contribution in [0.15, 0.2) is 18.2 Å². The molecular formula is C15H19BrFNO3. The number of benzene rings is 1. The van der Waals surface area contributed by atoms with E-state index in [-0.39, 0.29) is 23.0 Å². The second kappa shape index (κ2) is 6.20. The van der Waals surface area contributed by atoms with E-state index in [1.54, 1.807) is 12.1 Å². The van der Waals surface area contributed by atoms with Gasteiger partial charge in [0.1, 0.15) is 10.8 Å². The Morgan fingerprint density at radius 2 is 1.90 bits per heavy atom. The highest BCUT2D eigenvalue weighted by atomic mass is 79.9. The van der Waals surface area contributed by atoms with Gasteiger partial charge in [0.2, 0.25) is 0 Å². The Kier molecular flexibility index (Phi) is 4.49. The van der Waals surface area contributed by atoms with Gasteiger partial charge in [0.25, 0.3) is 0 Å². The van der Waals surface area contributed by atoms with Crippen LogP contribution in [0.2, 0.25) is 0 Å². The smallest absolute Gasteiger partial charge is 0.187 e. The Labute approximate surface area is 132 Å². The van der Waals surface area contributed by atoms with Crippen LogP contribution in [0.25, 0.3) is 0 Å². The molecule has 4 unspecified atom stereocenters. The van der Waals surface area contributed by atoms with Crippen molar-refractivity contribution in [2.45, 2.75) is 37.4 Å². The fourth-order valence-corrected chi connectivity index (χ4v) is 3.25. The van der Waals surface area contributed by atoms with E-state index in [9.17, 15) is 4.39 Å². The quantitative estimate of drug-likeness (QED) is 0.758. The van der Waals surface area contributed by atoms with E-state index in [4.69, 9.17) is 14.2 Å². The highest BCUT2D eigenvalue weighted by Gasteiger charge is 2.31. The third-order valence-electron chi connectivity index (χ3n) is 3.66. The molecule has 6 heteroatoms. The predicted octanol–water partition coefficient (Wildman–Crippen LogP) is 3.21. The van der Waals surface area contributed by atoms with Gasteiger partial charge < -0.3 is 19.1 Å². The third-order valence-corrected chi connectivity index (χ3v) is 4.14. The summed E-state index contributed by atoms with van der Waals surface area (Å²) in [5, 5.41) is -0.122. The van der Waals surface area contributed by atoms with Crippen molar-refractivity contribution in [3.8, 4) is 0 Å². The molecule has 2 aliphatic rings. The second-order valence-corrected chi connectivity index (χ2v) is 6.60. The van der Waals surface area contributed by atoms with Crippen LogP contribution in [0.4, 0.5) is 10.1 Å². The first-order chi connectivity index (χ1) is 10.0. The lowest BCUT2D eigenvalue weighted by Crippen LogP contribution is -2.46. The van der Waals surface area contributed by atoms with Gasteiger partial charge in [0.15, 0.2) is 6.29 Å². The first-order valence-corrected chi connectivity index (χ1v) is 8.05. The molecule has 0 bridgehead atoms. The van der Waals surface area contributed by atoms with Crippen LogP contribution in [0, 0.1) is 5.82 Å². The summed E-state index contributed by atoms with van der Waals surface area (Å²) < 4.78 is 30.8. The number of morpholine rings is 1. The van der Waals surface area contributed by atoms with Crippen molar-refractivity contribution in [1.82, 2.24) is 0 Å². The van der Waals surface area contributed by atoms with Gasteiger partial charge in [-0.15, -0.1) is 0 Å². The minimum Gasteiger partial charge on any atom is -0.372 e. The van der Waals surface area contributed by atoms with Gasteiger partial charge in [-0.3, -0.25) is 0 Å².